The van der Waals surface area contributed by atoms with Crippen LogP contribution >= 0.6 is 0 Å². The molecule has 1 aliphatic carbocycles. The highest BCUT2D eigenvalue weighted by Crippen LogP contribution is 2.32. The highest BCUT2D eigenvalue weighted by molar-refractivity contribution is 7.91. The second kappa shape index (κ2) is 7.62. The summed E-state index contributed by atoms with van der Waals surface area (Å²) in [5.74, 6) is 0.795. The molecule has 3 aliphatic rings. The van der Waals surface area contributed by atoms with Crippen molar-refractivity contribution in [2.75, 3.05) is 17.9 Å². The number of rotatable bonds is 4. The molecule has 2 aliphatic heterocycles. The normalized spacial score (nSPS) is 24.2. The number of anilines is 1. The molecule has 1 amide bonds. The number of carbonyl (C=O) groups excluding carboxylic acids is 1. The van der Waals surface area contributed by atoms with Crippen molar-refractivity contribution in [3.8, 4) is 5.75 Å². The number of nitrogens with zero attached hydrogens (tertiary/aromatic N) is 2. The minimum Gasteiger partial charge on any atom is -0.491 e. The van der Waals surface area contributed by atoms with Crippen LogP contribution < -0.4 is 15.2 Å². The van der Waals surface area contributed by atoms with Crippen molar-refractivity contribution < 1.29 is 17.9 Å². The van der Waals surface area contributed by atoms with E-state index in [1.165, 1.54) is 0 Å². The summed E-state index contributed by atoms with van der Waals surface area (Å²) in [6, 6.07) is 5.10. The highest BCUT2D eigenvalue weighted by atomic mass is 32.2. The average molecular weight is 407 g/mol. The van der Waals surface area contributed by atoms with Crippen LogP contribution in [0.5, 0.6) is 5.75 Å². The van der Waals surface area contributed by atoms with E-state index in [1.807, 2.05) is 4.90 Å². The first-order valence-electron chi connectivity index (χ1n) is 9.89. The molecule has 1 aromatic rings. The maximum Gasteiger partial charge on any atom is 0.344 e. The summed E-state index contributed by atoms with van der Waals surface area (Å²) in [6.07, 6.45) is 7.25. The molecular weight excluding hydrogens is 380 g/mol. The average Bonchev–Trinajstić information content (AvgIpc) is 3.19. The molecule has 8 nitrogen and oxygen atoms in total. The first-order valence-corrected chi connectivity index (χ1v) is 11.3. The molecule has 28 heavy (non-hydrogen) atoms. The van der Waals surface area contributed by atoms with Crippen LogP contribution in [0.2, 0.25) is 0 Å². The van der Waals surface area contributed by atoms with Gasteiger partial charge in [0, 0.05) is 12.5 Å². The molecule has 1 aromatic carbocycles. The third-order valence-corrected chi connectivity index (χ3v) is 6.70. The van der Waals surface area contributed by atoms with E-state index in [1.54, 1.807) is 18.2 Å². The van der Waals surface area contributed by atoms with E-state index in [4.69, 9.17) is 10.5 Å². The molecule has 9 heteroatoms. The van der Waals surface area contributed by atoms with Gasteiger partial charge in [0.25, 0.3) is 0 Å². The van der Waals surface area contributed by atoms with Crippen molar-refractivity contribution in [2.45, 2.75) is 51.0 Å². The lowest BCUT2D eigenvalue weighted by Crippen LogP contribution is -2.48. The van der Waals surface area contributed by atoms with E-state index < -0.39 is 10.2 Å². The molecule has 4 rings (SSSR count). The number of nitrogens with two attached hydrogens (primary N) is 1. The lowest BCUT2D eigenvalue weighted by Gasteiger charge is -2.37. The predicted octanol–water partition coefficient (Wildman–Crippen LogP) is 2.01. The van der Waals surface area contributed by atoms with Crippen molar-refractivity contribution in [3.63, 3.8) is 0 Å². The van der Waals surface area contributed by atoms with Gasteiger partial charge in [-0.2, -0.15) is 8.42 Å². The van der Waals surface area contributed by atoms with Gasteiger partial charge in [-0.15, -0.1) is 4.40 Å². The first-order chi connectivity index (χ1) is 13.4. The van der Waals surface area contributed by atoms with Crippen LogP contribution in [0.1, 0.15) is 50.5 Å². The van der Waals surface area contributed by atoms with Gasteiger partial charge in [-0.3, -0.25) is 9.52 Å². The van der Waals surface area contributed by atoms with Gasteiger partial charge in [-0.05, 0) is 44.2 Å². The summed E-state index contributed by atoms with van der Waals surface area (Å²) in [5.41, 5.74) is 6.68. The number of amidine groups is 1. The van der Waals surface area contributed by atoms with E-state index in [2.05, 4.69) is 9.12 Å². The van der Waals surface area contributed by atoms with Gasteiger partial charge in [-0.1, -0.05) is 18.9 Å². The Labute approximate surface area is 165 Å². The van der Waals surface area contributed by atoms with Crippen LogP contribution in [0, 0.1) is 5.92 Å². The van der Waals surface area contributed by atoms with E-state index in [0.717, 1.165) is 51.5 Å². The van der Waals surface area contributed by atoms with Crippen LogP contribution in [0.4, 0.5) is 5.69 Å². The minimum atomic E-state index is -3.82. The van der Waals surface area contributed by atoms with E-state index in [-0.39, 0.29) is 23.7 Å². The molecule has 3 N–H and O–H groups in total. The van der Waals surface area contributed by atoms with Crippen molar-refractivity contribution in [1.82, 2.24) is 4.90 Å². The van der Waals surface area contributed by atoms with Crippen LogP contribution in [0.15, 0.2) is 22.6 Å². The molecule has 2 heterocycles. The molecule has 0 spiro atoms. The molecule has 1 unspecified atom stereocenters. The van der Waals surface area contributed by atoms with Gasteiger partial charge >= 0.3 is 10.2 Å². The third-order valence-electron chi connectivity index (χ3n) is 5.79. The van der Waals surface area contributed by atoms with Gasteiger partial charge in [-0.25, -0.2) is 0 Å². The van der Waals surface area contributed by atoms with Crippen LogP contribution in [0.25, 0.3) is 0 Å². The second-order valence-corrected chi connectivity index (χ2v) is 9.04. The van der Waals surface area contributed by atoms with Crippen molar-refractivity contribution in [3.05, 3.63) is 23.8 Å². The van der Waals surface area contributed by atoms with E-state index in [9.17, 15) is 13.2 Å². The monoisotopic (exact) mass is 406 g/mol. The van der Waals surface area contributed by atoms with Gasteiger partial charge in [0.1, 0.15) is 12.4 Å². The maximum absolute atomic E-state index is 12.9. The van der Waals surface area contributed by atoms with Crippen molar-refractivity contribution in [1.29, 1.82) is 0 Å². The van der Waals surface area contributed by atoms with Gasteiger partial charge in [0.2, 0.25) is 5.91 Å². The number of amides is 1. The number of carbonyl (C=O) groups is 1. The zero-order chi connectivity index (χ0) is 19.7. The number of hydrogen-bond acceptors (Lipinski definition) is 5. The fourth-order valence-electron chi connectivity index (χ4n) is 4.39. The van der Waals surface area contributed by atoms with Gasteiger partial charge in [0.05, 0.1) is 17.3 Å². The molecule has 1 atom stereocenters. The molecule has 1 saturated carbocycles. The van der Waals surface area contributed by atoms with Crippen LogP contribution in [-0.4, -0.2) is 44.3 Å². The minimum absolute atomic E-state index is 0.0242. The lowest BCUT2D eigenvalue weighted by molar-refractivity contribution is -0.139. The molecule has 152 valence electrons. The van der Waals surface area contributed by atoms with Crippen molar-refractivity contribution >= 4 is 27.6 Å². The summed E-state index contributed by atoms with van der Waals surface area (Å²) in [5, 5.41) is 0. The zero-order valence-electron chi connectivity index (χ0n) is 15.8. The molecule has 2 fully saturated rings. The quantitative estimate of drug-likeness (QED) is 0.794. The number of likely N-dealkylation sites (tertiary alicyclic amines) is 1. The fraction of sp³-hybridized carbons (Fsp3) is 0.579. The first kappa shape index (κ1) is 19.0. The fourth-order valence-corrected chi connectivity index (χ4v) is 5.24. The molecule has 0 radical (unpaired) electrons. The van der Waals surface area contributed by atoms with Crippen LogP contribution in [0.3, 0.4) is 0 Å². The zero-order valence-corrected chi connectivity index (χ0v) is 16.6. The Bertz CT molecular complexity index is 893. The van der Waals surface area contributed by atoms with Crippen molar-refractivity contribution in [2.24, 2.45) is 16.0 Å². The topological polar surface area (TPSA) is 114 Å². The maximum atomic E-state index is 12.9. The van der Waals surface area contributed by atoms with Crippen LogP contribution in [-0.2, 0) is 15.0 Å². The van der Waals surface area contributed by atoms with E-state index >= 15 is 0 Å². The Morgan fingerprint density at radius 3 is 2.75 bits per heavy atom. The number of hydrogen-bond donors (Lipinski definition) is 2. The number of nitrogens with one attached hydrogen (secondary N) is 1. The Balaban J connectivity index is 1.50. The summed E-state index contributed by atoms with van der Waals surface area (Å²) in [4.78, 5) is 14.9. The summed E-state index contributed by atoms with van der Waals surface area (Å²) in [6.45, 7) is 1.13. The third kappa shape index (κ3) is 3.80. The Morgan fingerprint density at radius 2 is 1.96 bits per heavy atom. The van der Waals surface area contributed by atoms with Gasteiger partial charge < -0.3 is 15.4 Å². The summed E-state index contributed by atoms with van der Waals surface area (Å²) in [7, 11) is -3.82. The Hall–Kier alpha value is -2.29. The Kier molecular flexibility index (Phi) is 5.18. The van der Waals surface area contributed by atoms with Gasteiger partial charge in [0.15, 0.2) is 5.84 Å². The predicted molar refractivity (Wildman–Crippen MR) is 107 cm³/mol. The summed E-state index contributed by atoms with van der Waals surface area (Å²) >= 11 is 0. The lowest BCUT2D eigenvalue weighted by atomic mass is 9.98. The number of fused-ring (bicyclic) bond motifs is 1. The molecular formula is C19H26N4O4S. The molecule has 0 bridgehead atoms. The summed E-state index contributed by atoms with van der Waals surface area (Å²) < 4.78 is 35.4. The van der Waals surface area contributed by atoms with E-state index in [0.29, 0.717) is 23.6 Å². The second-order valence-electron chi connectivity index (χ2n) is 7.71. The Morgan fingerprint density at radius 1 is 1.21 bits per heavy atom. The number of piperidine rings is 1. The number of benzene rings is 1. The largest absolute Gasteiger partial charge is 0.491 e. The highest BCUT2D eigenvalue weighted by Gasteiger charge is 2.33. The standard InChI is InChI=1S/C19H26N4O4S/c20-18-17-15(21-28(25,26)22-18)9-5-10-16(17)27-12-14-8-3-4-11-23(14)19(24)13-6-1-2-7-13/h5,9-10,13-14,21H,1-4,6-8,11-12H2,(H2,20,22). The molecule has 1 saturated heterocycles. The number of ether oxygens (including phenoxy) is 1. The molecule has 0 aromatic heterocycles. The SMILES string of the molecule is NC1=NS(=O)(=O)Nc2cccc(OCC3CCCCN3C(=O)C3CCCC3)c21. The smallest absolute Gasteiger partial charge is 0.344 e.